The molecule has 4 nitrogen and oxygen atoms in total. The molecule has 3 rings (SSSR count). The number of amides is 2. The van der Waals surface area contributed by atoms with Gasteiger partial charge in [0.05, 0.1) is 4.91 Å². The van der Waals surface area contributed by atoms with Crippen LogP contribution < -0.4 is 5.32 Å². The molecule has 2 amide bonds. The van der Waals surface area contributed by atoms with Gasteiger partial charge >= 0.3 is 0 Å². The smallest absolute Gasteiger partial charge is 0.290 e. The number of aryl methyl sites for hydroxylation is 3. The Morgan fingerprint density at radius 3 is 2.22 bits per heavy atom. The molecule has 1 saturated heterocycles. The molecule has 1 aromatic carbocycles. The number of rotatable bonds is 2. The van der Waals surface area contributed by atoms with Crippen molar-refractivity contribution in [2.75, 3.05) is 0 Å². The lowest BCUT2D eigenvalue weighted by Crippen LogP contribution is -2.17. The fourth-order valence-electron chi connectivity index (χ4n) is 2.97. The molecule has 2 aromatic rings. The Balaban J connectivity index is 2.08. The largest absolute Gasteiger partial charge is 0.318 e. The summed E-state index contributed by atoms with van der Waals surface area (Å²) in [6.07, 6.45) is 1.78. The van der Waals surface area contributed by atoms with Crippen molar-refractivity contribution in [2.45, 2.75) is 27.7 Å². The summed E-state index contributed by atoms with van der Waals surface area (Å²) >= 11 is 0.945. The van der Waals surface area contributed by atoms with Crippen molar-refractivity contribution in [3.05, 3.63) is 57.2 Å². The first-order valence-corrected chi connectivity index (χ1v) is 8.19. The predicted octanol–water partition coefficient (Wildman–Crippen LogP) is 4.03. The molecular weight excluding hydrogens is 308 g/mol. The third kappa shape index (κ3) is 2.97. The highest BCUT2D eigenvalue weighted by molar-refractivity contribution is 8.18. The molecule has 23 heavy (non-hydrogen) atoms. The van der Waals surface area contributed by atoms with Crippen molar-refractivity contribution >= 4 is 29.0 Å². The normalized spacial score (nSPS) is 16.3. The molecule has 0 aliphatic carbocycles. The zero-order valence-corrected chi connectivity index (χ0v) is 14.4. The average Bonchev–Trinajstić information content (AvgIpc) is 2.88. The second-order valence-electron chi connectivity index (χ2n) is 5.86. The van der Waals surface area contributed by atoms with E-state index in [4.69, 9.17) is 0 Å². The van der Waals surface area contributed by atoms with Gasteiger partial charge in [-0.15, -0.1) is 0 Å². The maximum absolute atomic E-state index is 11.7. The number of benzene rings is 1. The average molecular weight is 326 g/mol. The maximum atomic E-state index is 11.7. The number of nitrogens with zero attached hydrogens (tertiary/aromatic N) is 1. The number of nitrogens with one attached hydrogen (secondary N) is 1. The second kappa shape index (κ2) is 5.74. The maximum Gasteiger partial charge on any atom is 0.290 e. The van der Waals surface area contributed by atoms with Crippen LogP contribution in [0.2, 0.25) is 0 Å². The minimum Gasteiger partial charge on any atom is -0.318 e. The van der Waals surface area contributed by atoms with Gasteiger partial charge in [-0.05, 0) is 80.4 Å². The van der Waals surface area contributed by atoms with E-state index >= 15 is 0 Å². The molecular formula is C18H18N2O2S. The van der Waals surface area contributed by atoms with Crippen molar-refractivity contribution in [1.29, 1.82) is 0 Å². The van der Waals surface area contributed by atoms with Gasteiger partial charge in [-0.25, -0.2) is 0 Å². The van der Waals surface area contributed by atoms with E-state index in [0.29, 0.717) is 4.91 Å². The quantitative estimate of drug-likeness (QED) is 0.848. The van der Waals surface area contributed by atoms with Gasteiger partial charge in [0.25, 0.3) is 11.1 Å². The van der Waals surface area contributed by atoms with Crippen LogP contribution >= 0.6 is 11.8 Å². The van der Waals surface area contributed by atoms with Crippen molar-refractivity contribution < 1.29 is 9.59 Å². The molecule has 1 aromatic heterocycles. The zero-order valence-electron chi connectivity index (χ0n) is 13.6. The molecule has 0 bridgehead atoms. The molecule has 2 heterocycles. The van der Waals surface area contributed by atoms with E-state index in [0.717, 1.165) is 34.4 Å². The lowest BCUT2D eigenvalue weighted by Gasteiger charge is -2.12. The molecule has 1 aliphatic rings. The van der Waals surface area contributed by atoms with Crippen LogP contribution in [0.25, 0.3) is 11.8 Å². The van der Waals surface area contributed by atoms with Crippen LogP contribution in [0.1, 0.15) is 28.1 Å². The third-order valence-electron chi connectivity index (χ3n) is 3.86. The minimum atomic E-state index is -0.323. The van der Waals surface area contributed by atoms with Gasteiger partial charge in [0.15, 0.2) is 0 Å². The molecule has 118 valence electrons. The van der Waals surface area contributed by atoms with Crippen LogP contribution in [0.5, 0.6) is 0 Å². The SMILES string of the molecule is Cc1cc(C)cc(-n2c(C)cc(C=C3SC(=O)NC3=O)c2C)c1. The molecule has 0 atom stereocenters. The second-order valence-corrected chi connectivity index (χ2v) is 6.87. The van der Waals surface area contributed by atoms with Gasteiger partial charge in [0, 0.05) is 17.1 Å². The number of aromatic nitrogens is 1. The lowest BCUT2D eigenvalue weighted by molar-refractivity contribution is -0.115. The molecule has 0 saturated carbocycles. The lowest BCUT2D eigenvalue weighted by atomic mass is 10.1. The summed E-state index contributed by atoms with van der Waals surface area (Å²) in [7, 11) is 0. The van der Waals surface area contributed by atoms with E-state index < -0.39 is 0 Å². The van der Waals surface area contributed by atoms with E-state index in [1.807, 2.05) is 19.9 Å². The summed E-state index contributed by atoms with van der Waals surface area (Å²) in [6.45, 7) is 8.23. The van der Waals surface area contributed by atoms with Gasteiger partial charge < -0.3 is 4.57 Å². The number of thioether (sulfide) groups is 1. The van der Waals surface area contributed by atoms with E-state index in [2.05, 4.69) is 41.9 Å². The number of carbonyl (C=O) groups is 2. The number of hydrogen-bond acceptors (Lipinski definition) is 3. The van der Waals surface area contributed by atoms with Crippen LogP contribution in [0.3, 0.4) is 0 Å². The molecule has 0 radical (unpaired) electrons. The summed E-state index contributed by atoms with van der Waals surface area (Å²) in [5.74, 6) is -0.323. The predicted molar refractivity (Wildman–Crippen MR) is 93.8 cm³/mol. The highest BCUT2D eigenvalue weighted by Gasteiger charge is 2.25. The number of carbonyl (C=O) groups excluding carboxylic acids is 2. The first-order chi connectivity index (χ1) is 10.8. The van der Waals surface area contributed by atoms with Gasteiger partial charge in [-0.3, -0.25) is 14.9 Å². The summed E-state index contributed by atoms with van der Waals surface area (Å²) < 4.78 is 2.17. The van der Waals surface area contributed by atoms with E-state index in [-0.39, 0.29) is 11.1 Å². The van der Waals surface area contributed by atoms with Crippen molar-refractivity contribution in [3.8, 4) is 5.69 Å². The highest BCUT2D eigenvalue weighted by atomic mass is 32.2. The summed E-state index contributed by atoms with van der Waals surface area (Å²) in [5, 5.41) is 1.97. The first-order valence-electron chi connectivity index (χ1n) is 7.37. The Labute approximate surface area is 139 Å². The van der Waals surface area contributed by atoms with Gasteiger partial charge in [-0.2, -0.15) is 0 Å². The summed E-state index contributed by atoms with van der Waals surface area (Å²) in [4.78, 5) is 23.5. The molecule has 1 aliphatic heterocycles. The van der Waals surface area contributed by atoms with Crippen LogP contribution in [0.4, 0.5) is 4.79 Å². The fourth-order valence-corrected chi connectivity index (χ4v) is 3.65. The topological polar surface area (TPSA) is 51.1 Å². The Hall–Kier alpha value is -2.27. The summed E-state index contributed by atoms with van der Waals surface area (Å²) in [5.41, 5.74) is 6.63. The minimum absolute atomic E-state index is 0.315. The van der Waals surface area contributed by atoms with Crippen molar-refractivity contribution in [1.82, 2.24) is 9.88 Å². The Bertz CT molecular complexity index is 842. The molecule has 0 spiro atoms. The molecule has 5 heteroatoms. The molecule has 1 fully saturated rings. The van der Waals surface area contributed by atoms with Crippen molar-refractivity contribution in [3.63, 3.8) is 0 Å². The monoisotopic (exact) mass is 326 g/mol. The Morgan fingerprint density at radius 1 is 1.00 bits per heavy atom. The zero-order chi connectivity index (χ0) is 16.7. The standard InChI is InChI=1S/C18H18N2O2S/c1-10-5-11(2)7-15(6-10)20-12(3)8-14(13(20)4)9-16-17(21)19-18(22)23-16/h5-9H,1-4H3,(H,19,21,22). The van der Waals surface area contributed by atoms with Gasteiger partial charge in [-0.1, -0.05) is 6.07 Å². The fraction of sp³-hybridized carbons (Fsp3) is 0.222. The van der Waals surface area contributed by atoms with Crippen LogP contribution in [-0.2, 0) is 4.79 Å². The molecule has 1 N–H and O–H groups in total. The van der Waals surface area contributed by atoms with Gasteiger partial charge in [0.1, 0.15) is 0 Å². The first kappa shape index (κ1) is 15.6. The van der Waals surface area contributed by atoms with E-state index in [9.17, 15) is 9.59 Å². The Morgan fingerprint density at radius 2 is 1.65 bits per heavy atom. The van der Waals surface area contributed by atoms with Crippen LogP contribution in [0, 0.1) is 27.7 Å². The van der Waals surface area contributed by atoms with E-state index in [1.165, 1.54) is 11.1 Å². The van der Waals surface area contributed by atoms with Crippen LogP contribution in [0.15, 0.2) is 29.2 Å². The molecule has 0 unspecified atom stereocenters. The van der Waals surface area contributed by atoms with Crippen LogP contribution in [-0.4, -0.2) is 15.7 Å². The number of imide groups is 1. The van der Waals surface area contributed by atoms with Crippen molar-refractivity contribution in [2.24, 2.45) is 0 Å². The third-order valence-corrected chi connectivity index (χ3v) is 4.67. The summed E-state index contributed by atoms with van der Waals surface area (Å²) in [6, 6.07) is 8.47. The van der Waals surface area contributed by atoms with E-state index in [1.54, 1.807) is 6.08 Å². The van der Waals surface area contributed by atoms with Gasteiger partial charge in [0.2, 0.25) is 0 Å². The highest BCUT2D eigenvalue weighted by Crippen LogP contribution is 2.29. The number of hydrogen-bond donors (Lipinski definition) is 1. The Kier molecular flexibility index (Phi) is 3.90.